The van der Waals surface area contributed by atoms with Gasteiger partial charge in [-0.3, -0.25) is 4.98 Å². The molecule has 0 aliphatic heterocycles. The average Bonchev–Trinajstić information content (AvgIpc) is 2.72. The third-order valence-electron chi connectivity index (χ3n) is 6.34. The monoisotopic (exact) mass is 380 g/mol. The van der Waals surface area contributed by atoms with Crippen LogP contribution in [-0.2, 0) is 17.6 Å². The number of fused-ring (bicyclic) bond motifs is 3. The molecule has 5 nitrogen and oxygen atoms in total. The number of aromatic nitrogens is 2. The van der Waals surface area contributed by atoms with Crippen molar-refractivity contribution in [2.24, 2.45) is 0 Å². The van der Waals surface area contributed by atoms with Gasteiger partial charge in [0.05, 0.1) is 12.3 Å². The highest BCUT2D eigenvalue weighted by atomic mass is 16.5. The highest BCUT2D eigenvalue weighted by Crippen LogP contribution is 2.34. The highest BCUT2D eigenvalue weighted by Gasteiger charge is 2.25. The number of methoxy groups -OCH3 is 1. The first kappa shape index (κ1) is 19.3. The average molecular weight is 381 g/mol. The number of hydrogen-bond donors (Lipinski definition) is 1. The van der Waals surface area contributed by atoms with Gasteiger partial charge in [0.2, 0.25) is 0 Å². The quantitative estimate of drug-likeness (QED) is 0.825. The molecule has 2 aromatic rings. The van der Waals surface area contributed by atoms with E-state index in [4.69, 9.17) is 14.7 Å². The molecule has 2 aliphatic carbocycles. The molecule has 2 heterocycles. The van der Waals surface area contributed by atoms with Crippen molar-refractivity contribution in [1.29, 1.82) is 0 Å². The number of aryl methyl sites for hydroxylation is 3. The van der Waals surface area contributed by atoms with Crippen molar-refractivity contribution >= 4 is 5.82 Å². The van der Waals surface area contributed by atoms with Gasteiger partial charge in [-0.25, -0.2) is 4.98 Å². The lowest BCUT2D eigenvalue weighted by Crippen LogP contribution is -2.39. The molecule has 0 amide bonds. The van der Waals surface area contributed by atoms with Crippen LogP contribution in [0.5, 0.6) is 0 Å². The molecule has 2 aromatic heterocycles. The molecule has 0 saturated heterocycles. The summed E-state index contributed by atoms with van der Waals surface area (Å²) in [6.07, 6.45) is 9.00. The lowest BCUT2D eigenvalue weighted by Gasteiger charge is -2.35. The SMILES string of the molecule is COCCN(C)C1CCC(Nc2cc3c(cn2)CCc2ccc(C)nc2-3)CC1. The van der Waals surface area contributed by atoms with Crippen LogP contribution < -0.4 is 5.32 Å². The Labute approximate surface area is 168 Å². The van der Waals surface area contributed by atoms with Crippen molar-refractivity contribution in [2.45, 2.75) is 57.5 Å². The molecule has 5 heteroatoms. The lowest BCUT2D eigenvalue weighted by molar-refractivity contribution is 0.121. The Morgan fingerprint density at radius 3 is 2.71 bits per heavy atom. The number of rotatable bonds is 6. The van der Waals surface area contributed by atoms with Gasteiger partial charge in [-0.1, -0.05) is 6.07 Å². The van der Waals surface area contributed by atoms with Crippen LogP contribution in [0.2, 0.25) is 0 Å². The largest absolute Gasteiger partial charge is 0.383 e. The topological polar surface area (TPSA) is 50.3 Å². The minimum absolute atomic E-state index is 0.506. The zero-order valence-electron chi connectivity index (χ0n) is 17.4. The molecule has 28 heavy (non-hydrogen) atoms. The Bertz CT molecular complexity index is 814. The summed E-state index contributed by atoms with van der Waals surface area (Å²) in [4.78, 5) is 12.0. The maximum Gasteiger partial charge on any atom is 0.126 e. The van der Waals surface area contributed by atoms with Gasteiger partial charge >= 0.3 is 0 Å². The predicted molar refractivity (Wildman–Crippen MR) is 114 cm³/mol. The van der Waals surface area contributed by atoms with Crippen LogP contribution in [0.1, 0.15) is 42.5 Å². The zero-order chi connectivity index (χ0) is 19.5. The fourth-order valence-electron chi connectivity index (χ4n) is 4.56. The van der Waals surface area contributed by atoms with Gasteiger partial charge in [0, 0.05) is 43.2 Å². The van der Waals surface area contributed by atoms with Crippen LogP contribution in [0.15, 0.2) is 24.4 Å². The van der Waals surface area contributed by atoms with Crippen LogP contribution >= 0.6 is 0 Å². The van der Waals surface area contributed by atoms with E-state index < -0.39 is 0 Å². The number of hydrogen-bond acceptors (Lipinski definition) is 5. The summed E-state index contributed by atoms with van der Waals surface area (Å²) in [5.74, 6) is 0.992. The Kier molecular flexibility index (Phi) is 5.93. The summed E-state index contributed by atoms with van der Waals surface area (Å²) in [7, 11) is 3.99. The Morgan fingerprint density at radius 2 is 1.93 bits per heavy atom. The minimum atomic E-state index is 0.506. The molecule has 1 N–H and O–H groups in total. The molecule has 1 fully saturated rings. The van der Waals surface area contributed by atoms with E-state index in [-0.39, 0.29) is 0 Å². The number of nitrogens with one attached hydrogen (secondary N) is 1. The standard InChI is InChI=1S/C23H32N4O/c1-16-4-5-17-6-7-18-15-24-22(14-21(18)23(17)25-16)26-19-8-10-20(11-9-19)27(2)12-13-28-3/h4-5,14-15,19-20H,6-13H2,1-3H3,(H,24,26). The molecule has 0 spiro atoms. The van der Waals surface area contributed by atoms with Gasteiger partial charge < -0.3 is 15.0 Å². The van der Waals surface area contributed by atoms with Crippen LogP contribution in [0, 0.1) is 6.92 Å². The maximum absolute atomic E-state index is 5.21. The van der Waals surface area contributed by atoms with Crippen molar-refractivity contribution in [3.8, 4) is 11.3 Å². The Morgan fingerprint density at radius 1 is 1.14 bits per heavy atom. The molecule has 150 valence electrons. The van der Waals surface area contributed by atoms with Crippen molar-refractivity contribution < 1.29 is 4.74 Å². The summed E-state index contributed by atoms with van der Waals surface area (Å²) >= 11 is 0. The number of likely N-dealkylation sites (N-methyl/N-ethyl adjacent to an activating group) is 1. The van der Waals surface area contributed by atoms with E-state index in [1.807, 2.05) is 0 Å². The molecular formula is C23H32N4O. The van der Waals surface area contributed by atoms with E-state index >= 15 is 0 Å². The van der Waals surface area contributed by atoms with E-state index in [2.05, 4.69) is 48.6 Å². The van der Waals surface area contributed by atoms with E-state index in [0.717, 1.165) is 43.2 Å². The molecule has 0 bridgehead atoms. The lowest BCUT2D eigenvalue weighted by atomic mass is 9.89. The first-order valence-electron chi connectivity index (χ1n) is 10.6. The van der Waals surface area contributed by atoms with Crippen molar-refractivity contribution in [2.75, 3.05) is 32.6 Å². The number of nitrogens with zero attached hydrogens (tertiary/aromatic N) is 3. The summed E-state index contributed by atoms with van der Waals surface area (Å²) in [6, 6.07) is 7.74. The number of anilines is 1. The van der Waals surface area contributed by atoms with Gasteiger partial charge in [-0.2, -0.15) is 0 Å². The summed E-state index contributed by atoms with van der Waals surface area (Å²) in [5, 5.41) is 3.70. The zero-order valence-corrected chi connectivity index (χ0v) is 17.4. The fraction of sp³-hybridized carbons (Fsp3) is 0.565. The van der Waals surface area contributed by atoms with Gasteiger partial charge in [-0.15, -0.1) is 0 Å². The maximum atomic E-state index is 5.21. The van der Waals surface area contributed by atoms with Gasteiger partial charge in [0.25, 0.3) is 0 Å². The van der Waals surface area contributed by atoms with Crippen molar-refractivity contribution in [3.63, 3.8) is 0 Å². The molecule has 0 radical (unpaired) electrons. The van der Waals surface area contributed by atoms with Crippen molar-refractivity contribution in [3.05, 3.63) is 41.2 Å². The number of pyridine rings is 2. The van der Waals surface area contributed by atoms with E-state index in [1.54, 1.807) is 7.11 Å². The summed E-state index contributed by atoms with van der Waals surface area (Å²) in [6.45, 7) is 3.89. The third kappa shape index (κ3) is 4.20. The van der Waals surface area contributed by atoms with E-state index in [9.17, 15) is 0 Å². The smallest absolute Gasteiger partial charge is 0.126 e. The fourth-order valence-corrected chi connectivity index (χ4v) is 4.56. The van der Waals surface area contributed by atoms with E-state index in [1.165, 1.54) is 42.4 Å². The molecular weight excluding hydrogens is 348 g/mol. The normalized spacial score (nSPS) is 21.3. The number of ether oxygens (including phenoxy) is 1. The molecule has 0 aromatic carbocycles. The minimum Gasteiger partial charge on any atom is -0.383 e. The van der Waals surface area contributed by atoms with E-state index in [0.29, 0.717) is 12.1 Å². The predicted octanol–water partition coefficient (Wildman–Crippen LogP) is 3.85. The molecule has 0 unspecified atom stereocenters. The van der Waals surface area contributed by atoms with Gasteiger partial charge in [-0.05, 0) is 75.8 Å². The summed E-state index contributed by atoms with van der Waals surface area (Å²) < 4.78 is 5.21. The second-order valence-electron chi connectivity index (χ2n) is 8.31. The Balaban J connectivity index is 1.41. The van der Waals surface area contributed by atoms with Crippen molar-refractivity contribution in [1.82, 2.24) is 14.9 Å². The van der Waals surface area contributed by atoms with Crippen LogP contribution in [0.25, 0.3) is 11.3 Å². The van der Waals surface area contributed by atoms with Crippen LogP contribution in [-0.4, -0.2) is 54.3 Å². The first-order chi connectivity index (χ1) is 13.6. The molecule has 4 rings (SSSR count). The van der Waals surface area contributed by atoms with Gasteiger partial charge in [0.1, 0.15) is 5.82 Å². The third-order valence-corrected chi connectivity index (χ3v) is 6.34. The second-order valence-corrected chi connectivity index (χ2v) is 8.31. The summed E-state index contributed by atoms with van der Waals surface area (Å²) in [5.41, 5.74) is 6.16. The molecule has 1 saturated carbocycles. The highest BCUT2D eigenvalue weighted by molar-refractivity contribution is 5.72. The van der Waals surface area contributed by atoms with Crippen LogP contribution in [0.3, 0.4) is 0 Å². The second kappa shape index (κ2) is 8.58. The molecule has 0 atom stereocenters. The van der Waals surface area contributed by atoms with Gasteiger partial charge in [0.15, 0.2) is 0 Å². The Hall–Kier alpha value is -1.98. The van der Waals surface area contributed by atoms with Crippen LogP contribution in [0.4, 0.5) is 5.82 Å². The first-order valence-corrected chi connectivity index (χ1v) is 10.6. The molecule has 2 aliphatic rings.